The number of tetrazole rings is 1. The molecule has 5 nitrogen and oxygen atoms in total. The van der Waals surface area contributed by atoms with Crippen molar-refractivity contribution in [3.63, 3.8) is 0 Å². The third kappa shape index (κ3) is 1.87. The molecule has 0 unspecified atom stereocenters. The zero-order chi connectivity index (χ0) is 9.14. The first-order valence-electron chi connectivity index (χ1n) is 3.85. The lowest BCUT2D eigenvalue weighted by atomic mass is 10.1. The molecule has 0 saturated carbocycles. The first kappa shape index (κ1) is 8.83. The average molecular weight is 168 g/mol. The molecule has 0 aliphatic heterocycles. The van der Waals surface area contributed by atoms with Gasteiger partial charge in [-0.05, 0) is 10.4 Å². The van der Waals surface area contributed by atoms with E-state index in [0.717, 1.165) is 0 Å². The Morgan fingerprint density at radius 3 is 2.67 bits per heavy atom. The van der Waals surface area contributed by atoms with Crippen molar-refractivity contribution < 1.29 is 4.79 Å². The van der Waals surface area contributed by atoms with Crippen LogP contribution in [0.2, 0.25) is 0 Å². The summed E-state index contributed by atoms with van der Waals surface area (Å²) < 4.78 is 1.51. The van der Waals surface area contributed by atoms with E-state index in [-0.39, 0.29) is 11.7 Å². The Morgan fingerprint density at radius 2 is 2.25 bits per heavy atom. The van der Waals surface area contributed by atoms with Gasteiger partial charge in [-0.2, -0.15) is 0 Å². The number of carbonyl (C=O) groups excluding carboxylic acids is 1. The van der Waals surface area contributed by atoms with Crippen LogP contribution in [0, 0.1) is 5.92 Å². The fraction of sp³-hybridized carbons (Fsp3) is 0.714. The third-order valence-corrected chi connectivity index (χ3v) is 1.68. The minimum atomic E-state index is 0.0432. The summed E-state index contributed by atoms with van der Waals surface area (Å²) >= 11 is 0. The van der Waals surface area contributed by atoms with E-state index in [1.807, 2.05) is 13.8 Å². The molecule has 0 fully saturated rings. The van der Waals surface area contributed by atoms with Crippen LogP contribution in [-0.4, -0.2) is 26.0 Å². The van der Waals surface area contributed by atoms with Gasteiger partial charge in [-0.3, -0.25) is 4.79 Å². The van der Waals surface area contributed by atoms with E-state index in [0.29, 0.717) is 12.2 Å². The van der Waals surface area contributed by atoms with Gasteiger partial charge < -0.3 is 0 Å². The zero-order valence-electron chi connectivity index (χ0n) is 7.48. The molecule has 1 aromatic rings. The molecule has 66 valence electrons. The number of Topliss-reactive ketones (excluding diaryl/α,β-unsaturated/α-hetero) is 1. The summed E-state index contributed by atoms with van der Waals surface area (Å²) in [6, 6.07) is 0. The first-order valence-corrected chi connectivity index (χ1v) is 3.85. The fourth-order valence-electron chi connectivity index (χ4n) is 0.758. The molecular formula is C7H12N4O. The Balaban J connectivity index is 2.64. The van der Waals surface area contributed by atoms with Crippen LogP contribution >= 0.6 is 0 Å². The Bertz CT molecular complexity index is 279. The van der Waals surface area contributed by atoms with Crippen molar-refractivity contribution in [2.24, 2.45) is 13.0 Å². The summed E-state index contributed by atoms with van der Waals surface area (Å²) in [5.74, 6) is 0.823. The van der Waals surface area contributed by atoms with Gasteiger partial charge in [0.15, 0.2) is 5.82 Å². The monoisotopic (exact) mass is 168 g/mol. The van der Waals surface area contributed by atoms with Crippen LogP contribution in [0.3, 0.4) is 0 Å². The van der Waals surface area contributed by atoms with Gasteiger partial charge in [0.05, 0.1) is 6.42 Å². The highest BCUT2D eigenvalue weighted by molar-refractivity contribution is 5.81. The Labute approximate surface area is 70.8 Å². The van der Waals surface area contributed by atoms with Crippen molar-refractivity contribution in [2.75, 3.05) is 0 Å². The van der Waals surface area contributed by atoms with E-state index >= 15 is 0 Å². The minimum Gasteiger partial charge on any atom is -0.299 e. The number of ketones is 1. The molecule has 0 atom stereocenters. The molecule has 0 saturated heterocycles. The predicted octanol–water partition coefficient (Wildman–Crippen LogP) is -0.0223. The number of rotatable bonds is 3. The van der Waals surface area contributed by atoms with Crippen LogP contribution in [0.15, 0.2) is 0 Å². The maximum Gasteiger partial charge on any atom is 0.158 e. The van der Waals surface area contributed by atoms with Crippen LogP contribution in [0.4, 0.5) is 0 Å². The quantitative estimate of drug-likeness (QED) is 0.636. The number of carbonyl (C=O) groups is 1. The number of hydrogen-bond acceptors (Lipinski definition) is 4. The molecule has 0 aromatic carbocycles. The van der Waals surface area contributed by atoms with Gasteiger partial charge >= 0.3 is 0 Å². The van der Waals surface area contributed by atoms with Crippen molar-refractivity contribution in [1.82, 2.24) is 20.2 Å². The normalized spacial score (nSPS) is 10.7. The summed E-state index contributed by atoms with van der Waals surface area (Å²) in [5.41, 5.74) is 0. The smallest absolute Gasteiger partial charge is 0.158 e. The van der Waals surface area contributed by atoms with Crippen molar-refractivity contribution >= 4 is 5.78 Å². The zero-order valence-corrected chi connectivity index (χ0v) is 7.48. The first-order chi connectivity index (χ1) is 5.61. The topological polar surface area (TPSA) is 60.7 Å². The molecule has 0 radical (unpaired) electrons. The second kappa shape index (κ2) is 3.42. The maximum atomic E-state index is 11.3. The SMILES string of the molecule is CC(C)C(=O)Cc1nnnn1C. The van der Waals surface area contributed by atoms with E-state index in [9.17, 15) is 4.79 Å². The van der Waals surface area contributed by atoms with Gasteiger partial charge in [-0.15, -0.1) is 5.10 Å². The molecule has 1 heterocycles. The minimum absolute atomic E-state index is 0.0432. The van der Waals surface area contributed by atoms with E-state index in [1.165, 1.54) is 4.68 Å². The number of hydrogen-bond donors (Lipinski definition) is 0. The fourth-order valence-corrected chi connectivity index (χ4v) is 0.758. The number of aryl methyl sites for hydroxylation is 1. The standard InChI is InChI=1S/C7H12N4O/c1-5(2)6(12)4-7-8-9-10-11(7)3/h5H,4H2,1-3H3. The second-order valence-corrected chi connectivity index (χ2v) is 3.02. The van der Waals surface area contributed by atoms with Crippen LogP contribution in [0.5, 0.6) is 0 Å². The van der Waals surface area contributed by atoms with Crippen LogP contribution < -0.4 is 0 Å². The van der Waals surface area contributed by atoms with Crippen LogP contribution in [0.1, 0.15) is 19.7 Å². The van der Waals surface area contributed by atoms with Gasteiger partial charge in [-0.25, -0.2) is 4.68 Å². The highest BCUT2D eigenvalue weighted by Gasteiger charge is 2.11. The average Bonchev–Trinajstić information content (AvgIpc) is 2.36. The van der Waals surface area contributed by atoms with E-state index in [2.05, 4.69) is 15.5 Å². The van der Waals surface area contributed by atoms with Crippen molar-refractivity contribution in [2.45, 2.75) is 20.3 Å². The lowest BCUT2D eigenvalue weighted by Gasteiger charge is -2.01. The molecule has 0 bridgehead atoms. The molecule has 1 aromatic heterocycles. The third-order valence-electron chi connectivity index (χ3n) is 1.68. The van der Waals surface area contributed by atoms with Crippen LogP contribution in [-0.2, 0) is 18.3 Å². The Morgan fingerprint density at radius 1 is 1.58 bits per heavy atom. The number of aromatic nitrogens is 4. The van der Waals surface area contributed by atoms with Gasteiger partial charge in [-0.1, -0.05) is 13.8 Å². The lowest BCUT2D eigenvalue weighted by molar-refractivity contribution is -0.121. The Hall–Kier alpha value is -1.26. The second-order valence-electron chi connectivity index (χ2n) is 3.02. The van der Waals surface area contributed by atoms with Gasteiger partial charge in [0.2, 0.25) is 0 Å². The maximum absolute atomic E-state index is 11.3. The van der Waals surface area contributed by atoms with Gasteiger partial charge in [0.25, 0.3) is 0 Å². The Kier molecular flexibility index (Phi) is 2.52. The molecule has 5 heteroatoms. The highest BCUT2D eigenvalue weighted by atomic mass is 16.1. The van der Waals surface area contributed by atoms with E-state index < -0.39 is 0 Å². The van der Waals surface area contributed by atoms with Crippen molar-refractivity contribution in [1.29, 1.82) is 0 Å². The largest absolute Gasteiger partial charge is 0.299 e. The molecule has 0 N–H and O–H groups in total. The summed E-state index contributed by atoms with van der Waals surface area (Å²) in [4.78, 5) is 11.3. The van der Waals surface area contributed by atoms with E-state index in [1.54, 1.807) is 7.05 Å². The molecular weight excluding hydrogens is 156 g/mol. The summed E-state index contributed by atoms with van der Waals surface area (Å²) in [6.45, 7) is 3.73. The number of nitrogens with zero attached hydrogens (tertiary/aromatic N) is 4. The van der Waals surface area contributed by atoms with E-state index in [4.69, 9.17) is 0 Å². The van der Waals surface area contributed by atoms with Crippen LogP contribution in [0.25, 0.3) is 0 Å². The van der Waals surface area contributed by atoms with Crippen molar-refractivity contribution in [3.05, 3.63) is 5.82 Å². The van der Waals surface area contributed by atoms with Gasteiger partial charge in [0, 0.05) is 13.0 Å². The summed E-state index contributed by atoms with van der Waals surface area (Å²) in [5, 5.41) is 10.8. The molecule has 0 amide bonds. The molecule has 12 heavy (non-hydrogen) atoms. The van der Waals surface area contributed by atoms with Crippen molar-refractivity contribution in [3.8, 4) is 0 Å². The summed E-state index contributed by atoms with van der Waals surface area (Å²) in [7, 11) is 1.73. The molecule has 1 rings (SSSR count). The lowest BCUT2D eigenvalue weighted by Crippen LogP contribution is -2.13. The summed E-state index contributed by atoms with van der Waals surface area (Å²) in [6.07, 6.45) is 0.321. The predicted molar refractivity (Wildman–Crippen MR) is 42.3 cm³/mol. The molecule has 0 aliphatic rings. The van der Waals surface area contributed by atoms with Gasteiger partial charge in [0.1, 0.15) is 5.78 Å². The highest BCUT2D eigenvalue weighted by Crippen LogP contribution is 2.00. The molecule has 0 aliphatic carbocycles. The molecule has 0 spiro atoms.